The van der Waals surface area contributed by atoms with Crippen LogP contribution in [0.25, 0.3) is 0 Å². The van der Waals surface area contributed by atoms with Crippen molar-refractivity contribution in [3.63, 3.8) is 0 Å². The molecule has 0 radical (unpaired) electrons. The lowest BCUT2D eigenvalue weighted by atomic mass is 10.3. The second-order valence-corrected chi connectivity index (χ2v) is 3.45. The fraction of sp³-hybridized carbons (Fsp3) is 0.900. The molecule has 0 aliphatic heterocycles. The fourth-order valence-corrected chi connectivity index (χ4v) is 1.16. The first kappa shape index (κ1) is 14.3. The molecule has 0 aliphatic rings. The van der Waals surface area contributed by atoms with Crippen LogP contribution in [-0.2, 0) is 14.3 Å². The van der Waals surface area contributed by atoms with Crippen molar-refractivity contribution in [2.45, 2.75) is 19.4 Å². The minimum absolute atomic E-state index is 0.00281. The molecule has 0 aromatic heterocycles. The summed E-state index contributed by atoms with van der Waals surface area (Å²) in [7, 11) is 3.28. The van der Waals surface area contributed by atoms with E-state index in [2.05, 4.69) is 10.6 Å². The quantitative estimate of drug-likeness (QED) is 0.525. The summed E-state index contributed by atoms with van der Waals surface area (Å²) in [6.07, 6.45) is 0.914. The van der Waals surface area contributed by atoms with Gasteiger partial charge in [-0.15, -0.1) is 0 Å². The number of amides is 1. The predicted octanol–water partition coefficient (Wildman–Crippen LogP) is -0.236. The standard InChI is InChI=1S/C10H22N2O3/c1-9(8-15-3)12-10(13)7-11-5-4-6-14-2/h9,11H,4-8H2,1-3H3,(H,12,13). The number of carbonyl (C=O) groups is 1. The summed E-state index contributed by atoms with van der Waals surface area (Å²) in [5.74, 6) is -0.00281. The number of ether oxygens (including phenoxy) is 2. The van der Waals surface area contributed by atoms with Crippen molar-refractivity contribution in [1.82, 2.24) is 10.6 Å². The fourth-order valence-electron chi connectivity index (χ4n) is 1.16. The Balaban J connectivity index is 3.32. The molecular weight excluding hydrogens is 196 g/mol. The minimum atomic E-state index is -0.00281. The maximum absolute atomic E-state index is 11.3. The molecule has 90 valence electrons. The van der Waals surface area contributed by atoms with Gasteiger partial charge in [0.2, 0.25) is 5.91 Å². The highest BCUT2D eigenvalue weighted by Crippen LogP contribution is 1.82. The Labute approximate surface area is 91.5 Å². The Morgan fingerprint density at radius 3 is 2.67 bits per heavy atom. The molecule has 0 aromatic carbocycles. The zero-order chi connectivity index (χ0) is 11.5. The Kier molecular flexibility index (Phi) is 9.46. The summed E-state index contributed by atoms with van der Waals surface area (Å²) < 4.78 is 9.80. The van der Waals surface area contributed by atoms with Crippen LogP contribution in [0.15, 0.2) is 0 Å². The summed E-state index contributed by atoms with van der Waals surface area (Å²) in [6, 6.07) is 0.0586. The van der Waals surface area contributed by atoms with E-state index in [1.165, 1.54) is 0 Å². The van der Waals surface area contributed by atoms with Gasteiger partial charge >= 0.3 is 0 Å². The molecule has 0 spiro atoms. The van der Waals surface area contributed by atoms with Gasteiger partial charge in [0.05, 0.1) is 13.2 Å². The Morgan fingerprint density at radius 1 is 1.33 bits per heavy atom. The SMILES string of the molecule is COCCCNCC(=O)NC(C)COC. The van der Waals surface area contributed by atoms with Gasteiger partial charge in [0.25, 0.3) is 0 Å². The van der Waals surface area contributed by atoms with Crippen molar-refractivity contribution < 1.29 is 14.3 Å². The van der Waals surface area contributed by atoms with Crippen LogP contribution < -0.4 is 10.6 Å². The van der Waals surface area contributed by atoms with Crippen LogP contribution in [0.5, 0.6) is 0 Å². The third-order valence-electron chi connectivity index (χ3n) is 1.81. The van der Waals surface area contributed by atoms with Crippen LogP contribution in [0.1, 0.15) is 13.3 Å². The molecule has 1 atom stereocenters. The van der Waals surface area contributed by atoms with Gasteiger partial charge < -0.3 is 20.1 Å². The van der Waals surface area contributed by atoms with Crippen molar-refractivity contribution in [3.8, 4) is 0 Å². The number of methoxy groups -OCH3 is 2. The van der Waals surface area contributed by atoms with Gasteiger partial charge in [-0.05, 0) is 19.9 Å². The highest BCUT2D eigenvalue weighted by molar-refractivity contribution is 5.78. The van der Waals surface area contributed by atoms with Crippen molar-refractivity contribution in [2.24, 2.45) is 0 Å². The lowest BCUT2D eigenvalue weighted by Gasteiger charge is -2.12. The summed E-state index contributed by atoms with van der Waals surface area (Å²) >= 11 is 0. The molecule has 0 heterocycles. The molecule has 0 saturated heterocycles. The Hall–Kier alpha value is -0.650. The monoisotopic (exact) mass is 218 g/mol. The molecule has 5 heteroatoms. The highest BCUT2D eigenvalue weighted by atomic mass is 16.5. The van der Waals surface area contributed by atoms with E-state index in [9.17, 15) is 4.79 Å². The van der Waals surface area contributed by atoms with Crippen LogP contribution >= 0.6 is 0 Å². The average molecular weight is 218 g/mol. The Bertz CT molecular complexity index is 165. The molecular formula is C10H22N2O3. The molecule has 0 aromatic rings. The number of hydrogen-bond donors (Lipinski definition) is 2. The molecule has 0 fully saturated rings. The number of carbonyl (C=O) groups excluding carboxylic acids is 1. The summed E-state index contributed by atoms with van der Waals surface area (Å²) in [5.41, 5.74) is 0. The lowest BCUT2D eigenvalue weighted by molar-refractivity contribution is -0.121. The lowest BCUT2D eigenvalue weighted by Crippen LogP contribution is -2.41. The topological polar surface area (TPSA) is 59.6 Å². The van der Waals surface area contributed by atoms with Crippen LogP contribution in [0, 0.1) is 0 Å². The maximum Gasteiger partial charge on any atom is 0.234 e. The van der Waals surface area contributed by atoms with E-state index in [-0.39, 0.29) is 11.9 Å². The molecule has 0 rings (SSSR count). The molecule has 0 saturated carbocycles. The third kappa shape index (κ3) is 9.65. The van der Waals surface area contributed by atoms with E-state index >= 15 is 0 Å². The van der Waals surface area contributed by atoms with Crippen LogP contribution in [0.2, 0.25) is 0 Å². The van der Waals surface area contributed by atoms with E-state index in [1.807, 2.05) is 6.92 Å². The van der Waals surface area contributed by atoms with Crippen LogP contribution in [0.3, 0.4) is 0 Å². The summed E-state index contributed by atoms with van der Waals surface area (Å²) in [5, 5.41) is 5.85. The highest BCUT2D eigenvalue weighted by Gasteiger charge is 2.05. The maximum atomic E-state index is 11.3. The first-order valence-electron chi connectivity index (χ1n) is 5.18. The van der Waals surface area contributed by atoms with Crippen molar-refractivity contribution >= 4 is 5.91 Å². The van der Waals surface area contributed by atoms with E-state index in [1.54, 1.807) is 14.2 Å². The molecule has 1 unspecified atom stereocenters. The van der Waals surface area contributed by atoms with Crippen LogP contribution in [0.4, 0.5) is 0 Å². The number of rotatable bonds is 9. The number of hydrogen-bond acceptors (Lipinski definition) is 4. The first-order valence-corrected chi connectivity index (χ1v) is 5.18. The van der Waals surface area contributed by atoms with E-state index in [0.29, 0.717) is 19.8 Å². The van der Waals surface area contributed by atoms with Gasteiger partial charge in [0.1, 0.15) is 0 Å². The predicted molar refractivity (Wildman–Crippen MR) is 58.8 cm³/mol. The summed E-state index contributed by atoms with van der Waals surface area (Å²) in [4.78, 5) is 11.3. The Morgan fingerprint density at radius 2 is 2.07 bits per heavy atom. The molecule has 1 amide bonds. The van der Waals surface area contributed by atoms with Gasteiger partial charge in [-0.1, -0.05) is 0 Å². The second kappa shape index (κ2) is 9.89. The third-order valence-corrected chi connectivity index (χ3v) is 1.81. The van der Waals surface area contributed by atoms with Gasteiger partial charge in [-0.3, -0.25) is 4.79 Å². The smallest absolute Gasteiger partial charge is 0.234 e. The molecule has 15 heavy (non-hydrogen) atoms. The van der Waals surface area contributed by atoms with Gasteiger partial charge in [0, 0.05) is 26.9 Å². The second-order valence-electron chi connectivity index (χ2n) is 3.45. The van der Waals surface area contributed by atoms with Crippen molar-refractivity contribution in [3.05, 3.63) is 0 Å². The van der Waals surface area contributed by atoms with Gasteiger partial charge in [-0.2, -0.15) is 0 Å². The van der Waals surface area contributed by atoms with Crippen LogP contribution in [-0.4, -0.2) is 52.5 Å². The minimum Gasteiger partial charge on any atom is -0.385 e. The average Bonchev–Trinajstić information content (AvgIpc) is 2.17. The zero-order valence-corrected chi connectivity index (χ0v) is 9.84. The molecule has 0 aliphatic carbocycles. The zero-order valence-electron chi connectivity index (χ0n) is 9.84. The van der Waals surface area contributed by atoms with E-state index in [0.717, 1.165) is 13.0 Å². The van der Waals surface area contributed by atoms with Gasteiger partial charge in [-0.25, -0.2) is 0 Å². The molecule has 2 N–H and O–H groups in total. The molecule has 0 bridgehead atoms. The van der Waals surface area contributed by atoms with E-state index in [4.69, 9.17) is 9.47 Å². The van der Waals surface area contributed by atoms with Crippen molar-refractivity contribution in [2.75, 3.05) is 40.5 Å². The summed E-state index contributed by atoms with van der Waals surface area (Å²) in [6.45, 7) is 4.30. The van der Waals surface area contributed by atoms with Crippen molar-refractivity contribution in [1.29, 1.82) is 0 Å². The van der Waals surface area contributed by atoms with E-state index < -0.39 is 0 Å². The molecule has 5 nitrogen and oxygen atoms in total. The first-order chi connectivity index (χ1) is 7.20. The van der Waals surface area contributed by atoms with Gasteiger partial charge in [0.15, 0.2) is 0 Å². The normalized spacial score (nSPS) is 12.5. The largest absolute Gasteiger partial charge is 0.385 e. The number of nitrogens with one attached hydrogen (secondary N) is 2.